The Kier molecular flexibility index (Phi) is 4.59. The Labute approximate surface area is 148 Å². The fourth-order valence-corrected chi connectivity index (χ4v) is 2.98. The second kappa shape index (κ2) is 6.69. The lowest BCUT2D eigenvalue weighted by Gasteiger charge is -2.13. The van der Waals surface area contributed by atoms with Crippen LogP contribution in [0.5, 0.6) is 0 Å². The van der Waals surface area contributed by atoms with E-state index in [0.717, 1.165) is 11.6 Å². The summed E-state index contributed by atoms with van der Waals surface area (Å²) in [5, 5.41) is 3.46. The maximum Gasteiger partial charge on any atom is 0.261 e. The Bertz CT molecular complexity index is 1040. The highest BCUT2D eigenvalue weighted by Crippen LogP contribution is 2.20. The molecule has 2 aromatic carbocycles. The molecule has 1 N–H and O–H groups in total. The Hall–Kier alpha value is -2.66. The van der Waals surface area contributed by atoms with Gasteiger partial charge in [-0.05, 0) is 55.8 Å². The Morgan fingerprint density at radius 1 is 1.24 bits per heavy atom. The molecule has 0 saturated carbocycles. The molecule has 3 aromatic rings. The van der Waals surface area contributed by atoms with Crippen LogP contribution in [0.25, 0.3) is 10.9 Å². The van der Waals surface area contributed by atoms with Gasteiger partial charge in [0.15, 0.2) is 0 Å². The van der Waals surface area contributed by atoms with Crippen LogP contribution >= 0.6 is 11.6 Å². The highest BCUT2D eigenvalue weighted by molar-refractivity contribution is 6.30. The molecule has 0 saturated heterocycles. The summed E-state index contributed by atoms with van der Waals surface area (Å²) < 4.78 is 15.3. The molecule has 0 unspecified atom stereocenters. The summed E-state index contributed by atoms with van der Waals surface area (Å²) in [5.74, 6) is -1.05. The Morgan fingerprint density at radius 2 is 2.00 bits per heavy atom. The summed E-state index contributed by atoms with van der Waals surface area (Å²) >= 11 is 5.91. The molecule has 1 heterocycles. The first-order valence-corrected chi connectivity index (χ1v) is 8.18. The van der Waals surface area contributed by atoms with Gasteiger partial charge in [-0.1, -0.05) is 11.6 Å². The number of hydrogen-bond acceptors (Lipinski definition) is 2. The molecule has 0 aliphatic rings. The zero-order chi connectivity index (χ0) is 18.1. The van der Waals surface area contributed by atoms with Gasteiger partial charge in [0, 0.05) is 28.8 Å². The number of aryl methyl sites for hydroxylation is 2. The molecule has 0 fully saturated rings. The number of nitrogens with zero attached hydrogens (tertiary/aromatic N) is 1. The third-order valence-corrected chi connectivity index (χ3v) is 4.30. The van der Waals surface area contributed by atoms with Crippen molar-refractivity contribution < 1.29 is 9.18 Å². The molecular weight excluding hydrogens is 343 g/mol. The number of carbonyl (C=O) groups excluding carboxylic acids is 1. The highest BCUT2D eigenvalue weighted by Gasteiger charge is 2.16. The quantitative estimate of drug-likeness (QED) is 0.755. The fraction of sp³-hybridized carbons (Fsp3) is 0.158. The maximum atomic E-state index is 13.6. The standard InChI is InChI=1S/C19H16ClFN2O2/c1-3-23-10-15(18(24)14-9-13(21)5-7-17(14)23)19(25)22-16-6-4-12(20)8-11(16)2/h4-10H,3H2,1-2H3,(H,22,25). The number of amides is 1. The molecule has 0 aliphatic heterocycles. The second-order valence-electron chi connectivity index (χ2n) is 5.73. The smallest absolute Gasteiger partial charge is 0.261 e. The number of carbonyl (C=O) groups is 1. The number of hydrogen-bond donors (Lipinski definition) is 1. The average molecular weight is 359 g/mol. The monoisotopic (exact) mass is 358 g/mol. The Balaban J connectivity index is 2.10. The first-order chi connectivity index (χ1) is 11.9. The van der Waals surface area contributed by atoms with Crippen molar-refractivity contribution in [2.45, 2.75) is 20.4 Å². The minimum atomic E-state index is -0.538. The van der Waals surface area contributed by atoms with Gasteiger partial charge in [0.05, 0.1) is 5.52 Å². The summed E-state index contributed by atoms with van der Waals surface area (Å²) in [6.45, 7) is 4.24. The summed E-state index contributed by atoms with van der Waals surface area (Å²) in [4.78, 5) is 25.3. The lowest BCUT2D eigenvalue weighted by molar-refractivity contribution is 0.102. The molecule has 128 valence electrons. The summed E-state index contributed by atoms with van der Waals surface area (Å²) in [6.07, 6.45) is 1.50. The summed E-state index contributed by atoms with van der Waals surface area (Å²) in [5.41, 5.74) is 1.41. The van der Waals surface area contributed by atoms with Crippen molar-refractivity contribution in [1.29, 1.82) is 0 Å². The molecule has 0 spiro atoms. The van der Waals surface area contributed by atoms with Crippen molar-refractivity contribution in [1.82, 2.24) is 4.57 Å². The van der Waals surface area contributed by atoms with Crippen molar-refractivity contribution in [3.8, 4) is 0 Å². The molecule has 0 atom stereocenters. The number of rotatable bonds is 3. The van der Waals surface area contributed by atoms with Crippen LogP contribution in [0.4, 0.5) is 10.1 Å². The van der Waals surface area contributed by atoms with Gasteiger partial charge in [-0.3, -0.25) is 9.59 Å². The lowest BCUT2D eigenvalue weighted by Crippen LogP contribution is -2.24. The Morgan fingerprint density at radius 3 is 2.68 bits per heavy atom. The van der Waals surface area contributed by atoms with Crippen LogP contribution in [-0.4, -0.2) is 10.5 Å². The van der Waals surface area contributed by atoms with E-state index in [9.17, 15) is 14.0 Å². The van der Waals surface area contributed by atoms with Crippen LogP contribution in [0.1, 0.15) is 22.8 Å². The molecule has 0 radical (unpaired) electrons. The van der Waals surface area contributed by atoms with Crippen LogP contribution in [0.3, 0.4) is 0 Å². The van der Waals surface area contributed by atoms with Crippen LogP contribution < -0.4 is 10.7 Å². The van der Waals surface area contributed by atoms with Gasteiger partial charge in [0.2, 0.25) is 5.43 Å². The predicted molar refractivity (Wildman–Crippen MR) is 98.0 cm³/mol. The van der Waals surface area contributed by atoms with E-state index in [1.54, 1.807) is 28.8 Å². The van der Waals surface area contributed by atoms with Crippen LogP contribution in [0, 0.1) is 12.7 Å². The van der Waals surface area contributed by atoms with Gasteiger partial charge in [-0.15, -0.1) is 0 Å². The molecule has 25 heavy (non-hydrogen) atoms. The van der Waals surface area contributed by atoms with Crippen LogP contribution in [0.2, 0.25) is 5.02 Å². The molecule has 6 heteroatoms. The number of anilines is 1. The van der Waals surface area contributed by atoms with E-state index >= 15 is 0 Å². The number of nitrogens with one attached hydrogen (secondary N) is 1. The number of fused-ring (bicyclic) bond motifs is 1. The minimum absolute atomic E-state index is 0.0331. The number of benzene rings is 2. The van der Waals surface area contributed by atoms with E-state index in [2.05, 4.69) is 5.32 Å². The normalized spacial score (nSPS) is 10.9. The number of aromatic nitrogens is 1. The van der Waals surface area contributed by atoms with E-state index in [4.69, 9.17) is 11.6 Å². The minimum Gasteiger partial charge on any atom is -0.347 e. The van der Waals surface area contributed by atoms with Crippen molar-refractivity contribution in [2.24, 2.45) is 0 Å². The molecule has 0 bridgehead atoms. The van der Waals surface area contributed by atoms with Crippen molar-refractivity contribution in [3.05, 3.63) is 74.8 Å². The van der Waals surface area contributed by atoms with Crippen LogP contribution in [0.15, 0.2) is 47.4 Å². The van der Waals surface area contributed by atoms with E-state index in [-0.39, 0.29) is 10.9 Å². The predicted octanol–water partition coefficient (Wildman–Crippen LogP) is 4.37. The topological polar surface area (TPSA) is 51.1 Å². The van der Waals surface area contributed by atoms with Crippen molar-refractivity contribution >= 4 is 34.1 Å². The molecule has 1 amide bonds. The molecule has 4 nitrogen and oxygen atoms in total. The SMILES string of the molecule is CCn1cc(C(=O)Nc2ccc(Cl)cc2C)c(=O)c2cc(F)ccc21. The van der Waals surface area contributed by atoms with E-state index in [1.165, 1.54) is 12.3 Å². The van der Waals surface area contributed by atoms with Crippen molar-refractivity contribution in [2.75, 3.05) is 5.32 Å². The van der Waals surface area contributed by atoms with E-state index < -0.39 is 17.2 Å². The van der Waals surface area contributed by atoms with Gasteiger partial charge in [-0.25, -0.2) is 4.39 Å². The van der Waals surface area contributed by atoms with Gasteiger partial charge in [-0.2, -0.15) is 0 Å². The molecule has 3 rings (SSSR count). The largest absolute Gasteiger partial charge is 0.347 e. The number of pyridine rings is 1. The van der Waals surface area contributed by atoms with Gasteiger partial charge in [0.1, 0.15) is 11.4 Å². The van der Waals surface area contributed by atoms with E-state index in [1.807, 2.05) is 13.8 Å². The summed E-state index contributed by atoms with van der Waals surface area (Å²) in [6, 6.07) is 9.05. The van der Waals surface area contributed by atoms with Gasteiger partial charge >= 0.3 is 0 Å². The third kappa shape index (κ3) is 3.28. The van der Waals surface area contributed by atoms with E-state index in [0.29, 0.717) is 22.8 Å². The van der Waals surface area contributed by atoms with Gasteiger partial charge in [0.25, 0.3) is 5.91 Å². The maximum absolute atomic E-state index is 13.6. The fourth-order valence-electron chi connectivity index (χ4n) is 2.75. The zero-order valence-electron chi connectivity index (χ0n) is 13.8. The lowest BCUT2D eigenvalue weighted by atomic mass is 10.1. The third-order valence-electron chi connectivity index (χ3n) is 4.06. The van der Waals surface area contributed by atoms with Crippen molar-refractivity contribution in [3.63, 3.8) is 0 Å². The average Bonchev–Trinajstić information content (AvgIpc) is 2.58. The summed E-state index contributed by atoms with van der Waals surface area (Å²) in [7, 11) is 0. The highest BCUT2D eigenvalue weighted by atomic mass is 35.5. The number of halogens is 2. The zero-order valence-corrected chi connectivity index (χ0v) is 14.5. The van der Waals surface area contributed by atoms with Gasteiger partial charge < -0.3 is 9.88 Å². The first kappa shape index (κ1) is 17.2. The second-order valence-corrected chi connectivity index (χ2v) is 6.17. The molecule has 0 aliphatic carbocycles. The first-order valence-electron chi connectivity index (χ1n) is 7.81. The van der Waals surface area contributed by atoms with Crippen LogP contribution in [-0.2, 0) is 6.54 Å². The molecular formula is C19H16ClFN2O2. The molecule has 1 aromatic heterocycles.